The van der Waals surface area contributed by atoms with Crippen molar-refractivity contribution in [1.82, 2.24) is 9.99 Å². The van der Waals surface area contributed by atoms with Crippen molar-refractivity contribution < 1.29 is 9.53 Å². The Morgan fingerprint density at radius 1 is 1.53 bits per heavy atom. The van der Waals surface area contributed by atoms with Crippen LogP contribution in [0.5, 0.6) is 0 Å². The van der Waals surface area contributed by atoms with Gasteiger partial charge in [0.25, 0.3) is 5.91 Å². The van der Waals surface area contributed by atoms with E-state index < -0.39 is 0 Å². The first-order chi connectivity index (χ1) is 7.18. The molecule has 2 rings (SSSR count). The Kier molecular flexibility index (Phi) is 2.75. The molecule has 0 unspecified atom stereocenters. The molecule has 15 heavy (non-hydrogen) atoms. The molecular formula is C10H15N3O2. The summed E-state index contributed by atoms with van der Waals surface area (Å²) in [4.78, 5) is 11.4. The van der Waals surface area contributed by atoms with E-state index in [1.807, 2.05) is 19.1 Å². The molecule has 0 saturated carbocycles. The van der Waals surface area contributed by atoms with Crippen LogP contribution in [0.1, 0.15) is 6.92 Å². The summed E-state index contributed by atoms with van der Waals surface area (Å²) >= 11 is 0. The zero-order valence-corrected chi connectivity index (χ0v) is 8.69. The molecule has 0 aliphatic carbocycles. The molecule has 1 fully saturated rings. The van der Waals surface area contributed by atoms with Crippen molar-refractivity contribution in [2.75, 3.05) is 25.1 Å². The first kappa shape index (κ1) is 10.2. The lowest BCUT2D eigenvalue weighted by Gasteiger charge is -2.38. The van der Waals surface area contributed by atoms with Gasteiger partial charge in [0.1, 0.15) is 6.61 Å². The van der Waals surface area contributed by atoms with Crippen molar-refractivity contribution in [1.29, 1.82) is 0 Å². The molecule has 0 radical (unpaired) electrons. The first-order valence-corrected chi connectivity index (χ1v) is 4.95. The third kappa shape index (κ3) is 2.57. The molecule has 5 heteroatoms. The summed E-state index contributed by atoms with van der Waals surface area (Å²) < 4.78 is 7.09. The van der Waals surface area contributed by atoms with Gasteiger partial charge in [-0.2, -0.15) is 0 Å². The van der Waals surface area contributed by atoms with Crippen LogP contribution in [0.4, 0.5) is 0 Å². The molecule has 0 aromatic carbocycles. The molecule has 1 aromatic heterocycles. The van der Waals surface area contributed by atoms with Gasteiger partial charge in [-0.05, 0) is 19.1 Å². The van der Waals surface area contributed by atoms with Gasteiger partial charge in [-0.1, -0.05) is 0 Å². The summed E-state index contributed by atoms with van der Waals surface area (Å²) in [6.45, 7) is 3.70. The van der Waals surface area contributed by atoms with Crippen molar-refractivity contribution in [2.45, 2.75) is 12.5 Å². The molecule has 0 bridgehead atoms. The highest BCUT2D eigenvalue weighted by Gasteiger charge is 2.32. The summed E-state index contributed by atoms with van der Waals surface area (Å²) in [5.41, 5.74) is 2.50. The van der Waals surface area contributed by atoms with E-state index in [1.165, 1.54) is 0 Å². The van der Waals surface area contributed by atoms with Gasteiger partial charge in [-0.15, -0.1) is 0 Å². The van der Waals surface area contributed by atoms with Gasteiger partial charge in [-0.3, -0.25) is 14.9 Å². The van der Waals surface area contributed by atoms with Crippen molar-refractivity contribution in [3.63, 3.8) is 0 Å². The van der Waals surface area contributed by atoms with Gasteiger partial charge < -0.3 is 10.1 Å². The van der Waals surface area contributed by atoms with Crippen LogP contribution in [0.3, 0.4) is 0 Å². The van der Waals surface area contributed by atoms with Crippen LogP contribution in [0.2, 0.25) is 0 Å². The third-order valence-electron chi connectivity index (χ3n) is 2.41. The smallest absolute Gasteiger partial charge is 0.264 e. The number of nitrogens with one attached hydrogen (secondary N) is 2. The summed E-state index contributed by atoms with van der Waals surface area (Å²) in [6, 6.07) is 3.69. The number of carbonyl (C=O) groups excluding carboxylic acids is 1. The fourth-order valence-corrected chi connectivity index (χ4v) is 1.40. The molecule has 1 aliphatic heterocycles. The Morgan fingerprint density at radius 3 is 2.73 bits per heavy atom. The summed E-state index contributed by atoms with van der Waals surface area (Å²) in [5, 5.41) is 3.11. The van der Waals surface area contributed by atoms with Crippen molar-refractivity contribution in [3.05, 3.63) is 24.5 Å². The average molecular weight is 209 g/mol. The van der Waals surface area contributed by atoms with Gasteiger partial charge in [0.2, 0.25) is 0 Å². The highest BCUT2D eigenvalue weighted by atomic mass is 16.5. The third-order valence-corrected chi connectivity index (χ3v) is 2.41. The second-order valence-corrected chi connectivity index (χ2v) is 3.97. The molecule has 82 valence electrons. The van der Waals surface area contributed by atoms with E-state index in [9.17, 15) is 4.79 Å². The van der Waals surface area contributed by atoms with Gasteiger partial charge in [0.15, 0.2) is 0 Å². The van der Waals surface area contributed by atoms with E-state index in [2.05, 4.69) is 10.7 Å². The Bertz CT molecular complexity index is 330. The number of ether oxygens (including phenoxy) is 1. The van der Waals surface area contributed by atoms with Crippen LogP contribution in [0, 0.1) is 0 Å². The number of hydrogen-bond donors (Lipinski definition) is 2. The molecule has 5 nitrogen and oxygen atoms in total. The van der Waals surface area contributed by atoms with Crippen molar-refractivity contribution in [3.8, 4) is 0 Å². The minimum absolute atomic E-state index is 0.0936. The molecule has 1 aromatic rings. The maximum Gasteiger partial charge on any atom is 0.264 e. The van der Waals surface area contributed by atoms with Gasteiger partial charge in [0, 0.05) is 25.5 Å². The lowest BCUT2D eigenvalue weighted by Crippen LogP contribution is -2.59. The number of hydrogen-bond acceptors (Lipinski definition) is 3. The lowest BCUT2D eigenvalue weighted by atomic mass is 10.0. The maximum atomic E-state index is 11.4. The average Bonchev–Trinajstić information content (AvgIpc) is 2.64. The summed E-state index contributed by atoms with van der Waals surface area (Å²) in [5.74, 6) is -0.140. The normalized spacial score (nSPS) is 18.2. The monoisotopic (exact) mass is 209 g/mol. The van der Waals surface area contributed by atoms with Crippen LogP contribution >= 0.6 is 0 Å². The summed E-state index contributed by atoms with van der Waals surface area (Å²) in [6.07, 6.45) is 3.54. The number of nitrogens with zero attached hydrogens (tertiary/aromatic N) is 1. The fraction of sp³-hybridized carbons (Fsp3) is 0.500. The van der Waals surface area contributed by atoms with Gasteiger partial charge in [-0.25, -0.2) is 0 Å². The van der Waals surface area contributed by atoms with Crippen molar-refractivity contribution >= 4 is 5.91 Å². The van der Waals surface area contributed by atoms with Crippen molar-refractivity contribution in [2.24, 2.45) is 0 Å². The topological polar surface area (TPSA) is 55.3 Å². The SMILES string of the molecule is CC1(OCC(=O)Nn2cccc2)CNC1. The second kappa shape index (κ2) is 4.04. The highest BCUT2D eigenvalue weighted by molar-refractivity contribution is 5.84. The zero-order valence-electron chi connectivity index (χ0n) is 8.69. The van der Waals surface area contributed by atoms with Crippen LogP contribution in [-0.4, -0.2) is 35.9 Å². The van der Waals surface area contributed by atoms with Crippen LogP contribution in [0.15, 0.2) is 24.5 Å². The Balaban J connectivity index is 1.73. The van der Waals surface area contributed by atoms with Crippen LogP contribution in [-0.2, 0) is 9.53 Å². The second-order valence-electron chi connectivity index (χ2n) is 3.97. The molecule has 0 spiro atoms. The van der Waals surface area contributed by atoms with E-state index >= 15 is 0 Å². The van der Waals surface area contributed by atoms with Crippen LogP contribution in [0.25, 0.3) is 0 Å². The zero-order chi connectivity index (χ0) is 10.7. The minimum atomic E-state index is -0.173. The maximum absolute atomic E-state index is 11.4. The molecule has 2 N–H and O–H groups in total. The fourth-order valence-electron chi connectivity index (χ4n) is 1.40. The lowest BCUT2D eigenvalue weighted by molar-refractivity contribution is -0.131. The molecule has 2 heterocycles. The Hall–Kier alpha value is -1.33. The van der Waals surface area contributed by atoms with E-state index in [0.29, 0.717) is 0 Å². The van der Waals surface area contributed by atoms with E-state index in [4.69, 9.17) is 4.74 Å². The molecule has 1 amide bonds. The molecule has 1 saturated heterocycles. The van der Waals surface area contributed by atoms with E-state index in [0.717, 1.165) is 13.1 Å². The summed E-state index contributed by atoms with van der Waals surface area (Å²) in [7, 11) is 0. The Labute approximate surface area is 88.4 Å². The number of aromatic nitrogens is 1. The minimum Gasteiger partial charge on any atom is -0.363 e. The van der Waals surface area contributed by atoms with Gasteiger partial charge in [0.05, 0.1) is 5.60 Å². The molecule has 1 aliphatic rings. The van der Waals surface area contributed by atoms with E-state index in [-0.39, 0.29) is 18.1 Å². The standard InChI is InChI=1S/C10H15N3O2/c1-10(7-11-8-10)15-6-9(14)12-13-4-2-3-5-13/h2-5,11H,6-8H2,1H3,(H,12,14). The van der Waals surface area contributed by atoms with Gasteiger partial charge >= 0.3 is 0 Å². The number of carbonyl (C=O) groups is 1. The van der Waals surface area contributed by atoms with E-state index in [1.54, 1.807) is 17.1 Å². The molecule has 0 atom stereocenters. The Morgan fingerprint density at radius 2 is 2.20 bits per heavy atom. The quantitative estimate of drug-likeness (QED) is 0.730. The molecular weight excluding hydrogens is 194 g/mol. The predicted molar refractivity (Wildman–Crippen MR) is 56.0 cm³/mol. The number of amides is 1. The largest absolute Gasteiger partial charge is 0.363 e. The van der Waals surface area contributed by atoms with Crippen LogP contribution < -0.4 is 10.7 Å². The first-order valence-electron chi connectivity index (χ1n) is 4.95. The number of rotatable bonds is 4. The highest BCUT2D eigenvalue weighted by Crippen LogP contribution is 2.14. The predicted octanol–water partition coefficient (Wildman–Crippen LogP) is -0.0633.